The second kappa shape index (κ2) is 8.01. The van der Waals surface area contributed by atoms with E-state index in [-0.39, 0.29) is 0 Å². The Balaban J connectivity index is 1.87. The van der Waals surface area contributed by atoms with Gasteiger partial charge < -0.3 is 0 Å². The Morgan fingerprint density at radius 1 is 0.593 bits per heavy atom. The van der Waals surface area contributed by atoms with Gasteiger partial charge in [0.1, 0.15) is 0 Å². The molecule has 0 fully saturated rings. The molecule has 27 heavy (non-hydrogen) atoms. The van der Waals surface area contributed by atoms with Gasteiger partial charge in [-0.1, -0.05) is 12.1 Å². The molecule has 0 aliphatic carbocycles. The number of benzene rings is 2. The van der Waals surface area contributed by atoms with Crippen molar-refractivity contribution in [1.82, 2.24) is 0 Å². The van der Waals surface area contributed by atoms with Gasteiger partial charge in [0.2, 0.25) is 0 Å². The molecule has 138 valence electrons. The Morgan fingerprint density at radius 2 is 0.926 bits per heavy atom. The van der Waals surface area contributed by atoms with Gasteiger partial charge in [-0.3, -0.25) is 9.98 Å². The molecule has 0 saturated carbocycles. The zero-order valence-corrected chi connectivity index (χ0v) is 17.7. The Hall–Kier alpha value is -2.52. The average Bonchev–Trinajstić information content (AvgIpc) is 3.03. The van der Waals surface area contributed by atoms with E-state index in [1.807, 2.05) is 0 Å². The van der Waals surface area contributed by atoms with E-state index in [0.717, 1.165) is 22.8 Å². The lowest BCUT2D eigenvalue weighted by Gasteiger charge is -2.03. The van der Waals surface area contributed by atoms with E-state index in [4.69, 9.17) is 9.98 Å². The highest BCUT2D eigenvalue weighted by Crippen LogP contribution is 2.24. The normalized spacial score (nSPS) is 12.5. The fourth-order valence-corrected chi connectivity index (χ4v) is 4.15. The highest BCUT2D eigenvalue weighted by atomic mass is 32.1. The molecule has 3 heteroatoms. The van der Waals surface area contributed by atoms with Crippen LogP contribution in [0.15, 0.2) is 58.5 Å². The van der Waals surface area contributed by atoms with Crippen LogP contribution in [0, 0.1) is 27.7 Å². The standard InChI is InChI=1S/C24H26N2S/c1-15-9-16(2)12-21(11-15)25-19(5)23-7-8-24(27-23)20(6)26-22-13-17(3)10-18(4)14-22/h7-14H,1-6H3. The lowest BCUT2D eigenvalue weighted by molar-refractivity contribution is 1.35. The molecule has 0 saturated heterocycles. The summed E-state index contributed by atoms with van der Waals surface area (Å²) in [5.74, 6) is 0. The van der Waals surface area contributed by atoms with Crippen LogP contribution in [0.3, 0.4) is 0 Å². The highest BCUT2D eigenvalue weighted by molar-refractivity contribution is 7.16. The molecule has 0 amide bonds. The van der Waals surface area contributed by atoms with Crippen LogP contribution < -0.4 is 0 Å². The number of aliphatic imine (C=N–C) groups is 2. The van der Waals surface area contributed by atoms with E-state index < -0.39 is 0 Å². The smallest absolute Gasteiger partial charge is 0.0638 e. The van der Waals surface area contributed by atoms with Crippen molar-refractivity contribution < 1.29 is 0 Å². The highest BCUT2D eigenvalue weighted by Gasteiger charge is 2.07. The predicted molar refractivity (Wildman–Crippen MR) is 120 cm³/mol. The Kier molecular flexibility index (Phi) is 5.71. The topological polar surface area (TPSA) is 24.7 Å². The van der Waals surface area contributed by atoms with Gasteiger partial charge in [0.25, 0.3) is 0 Å². The van der Waals surface area contributed by atoms with Gasteiger partial charge in [-0.25, -0.2) is 0 Å². The summed E-state index contributed by atoms with van der Waals surface area (Å²) in [7, 11) is 0. The Morgan fingerprint density at radius 3 is 1.26 bits per heavy atom. The number of thiophene rings is 1. The summed E-state index contributed by atoms with van der Waals surface area (Å²) >= 11 is 1.74. The van der Waals surface area contributed by atoms with Crippen LogP contribution in [0.4, 0.5) is 11.4 Å². The summed E-state index contributed by atoms with van der Waals surface area (Å²) in [6.07, 6.45) is 0. The summed E-state index contributed by atoms with van der Waals surface area (Å²) in [4.78, 5) is 12.0. The number of aryl methyl sites for hydroxylation is 4. The van der Waals surface area contributed by atoms with E-state index in [0.29, 0.717) is 0 Å². The molecular formula is C24H26N2S. The molecule has 0 unspecified atom stereocenters. The minimum absolute atomic E-state index is 1.01. The summed E-state index contributed by atoms with van der Waals surface area (Å²) in [5, 5.41) is 0. The molecule has 0 aliphatic rings. The van der Waals surface area contributed by atoms with Crippen LogP contribution in [0.25, 0.3) is 0 Å². The first-order valence-corrected chi connectivity index (χ1v) is 9.99. The molecular weight excluding hydrogens is 348 g/mol. The SMILES string of the molecule is CC(=Nc1cc(C)cc(C)c1)c1ccc(C(C)=Nc2cc(C)cc(C)c2)s1. The first-order chi connectivity index (χ1) is 12.8. The van der Waals surface area contributed by atoms with Gasteiger partial charge in [-0.2, -0.15) is 0 Å². The maximum Gasteiger partial charge on any atom is 0.0638 e. The van der Waals surface area contributed by atoms with Gasteiger partial charge in [0, 0.05) is 9.75 Å². The zero-order valence-electron chi connectivity index (χ0n) is 16.9. The van der Waals surface area contributed by atoms with Gasteiger partial charge in [-0.05, 0) is 100 Å². The molecule has 0 aliphatic heterocycles. The summed E-state index contributed by atoms with van der Waals surface area (Å²) in [5.41, 5.74) is 9.07. The van der Waals surface area contributed by atoms with Crippen LogP contribution >= 0.6 is 11.3 Å². The van der Waals surface area contributed by atoms with E-state index in [1.165, 1.54) is 32.0 Å². The molecule has 0 radical (unpaired) electrons. The van der Waals surface area contributed by atoms with Crippen LogP contribution in [-0.4, -0.2) is 11.4 Å². The molecule has 2 aromatic carbocycles. The predicted octanol–water partition coefficient (Wildman–Crippen LogP) is 7.26. The first kappa shape index (κ1) is 19.2. The van der Waals surface area contributed by atoms with Crippen molar-refractivity contribution in [1.29, 1.82) is 0 Å². The third-order valence-electron chi connectivity index (χ3n) is 4.33. The van der Waals surface area contributed by atoms with E-state index in [1.54, 1.807) is 11.3 Å². The van der Waals surface area contributed by atoms with Crippen molar-refractivity contribution in [3.63, 3.8) is 0 Å². The average molecular weight is 375 g/mol. The van der Waals surface area contributed by atoms with E-state index in [9.17, 15) is 0 Å². The van der Waals surface area contributed by atoms with Gasteiger partial charge in [0.05, 0.1) is 22.8 Å². The largest absolute Gasteiger partial charge is 0.252 e. The van der Waals surface area contributed by atoms with Crippen molar-refractivity contribution in [3.05, 3.63) is 80.5 Å². The Bertz CT molecular complexity index is 916. The molecule has 0 atom stereocenters. The van der Waals surface area contributed by atoms with Crippen molar-refractivity contribution in [2.75, 3.05) is 0 Å². The number of nitrogens with zero attached hydrogens (tertiary/aromatic N) is 2. The maximum absolute atomic E-state index is 4.82. The monoisotopic (exact) mass is 374 g/mol. The third kappa shape index (κ3) is 5.01. The maximum atomic E-state index is 4.82. The molecule has 3 rings (SSSR count). The molecule has 0 spiro atoms. The molecule has 0 bridgehead atoms. The minimum atomic E-state index is 1.01. The van der Waals surface area contributed by atoms with Crippen LogP contribution in [0.5, 0.6) is 0 Å². The first-order valence-electron chi connectivity index (χ1n) is 9.18. The van der Waals surface area contributed by atoms with Crippen molar-refractivity contribution in [3.8, 4) is 0 Å². The van der Waals surface area contributed by atoms with Gasteiger partial charge in [-0.15, -0.1) is 11.3 Å². The molecule has 1 heterocycles. The van der Waals surface area contributed by atoms with Crippen molar-refractivity contribution in [2.24, 2.45) is 9.98 Å². The minimum Gasteiger partial charge on any atom is -0.252 e. The summed E-state index contributed by atoms with van der Waals surface area (Å²) in [6, 6.07) is 17.1. The number of hydrogen-bond acceptors (Lipinski definition) is 3. The van der Waals surface area contributed by atoms with Crippen LogP contribution in [-0.2, 0) is 0 Å². The van der Waals surface area contributed by atoms with Crippen LogP contribution in [0.1, 0.15) is 45.9 Å². The lowest BCUT2D eigenvalue weighted by Crippen LogP contribution is -1.91. The Labute approximate surface area is 166 Å². The molecule has 0 N–H and O–H groups in total. The van der Waals surface area contributed by atoms with Gasteiger partial charge in [0.15, 0.2) is 0 Å². The third-order valence-corrected chi connectivity index (χ3v) is 5.63. The second-order valence-electron chi connectivity index (χ2n) is 7.25. The molecule has 3 aromatic rings. The van der Waals surface area contributed by atoms with Crippen molar-refractivity contribution >= 4 is 34.1 Å². The number of hydrogen-bond donors (Lipinski definition) is 0. The lowest BCUT2D eigenvalue weighted by atomic mass is 10.1. The number of rotatable bonds is 4. The summed E-state index contributed by atoms with van der Waals surface area (Å²) in [6.45, 7) is 12.6. The molecule has 2 nitrogen and oxygen atoms in total. The fraction of sp³-hybridized carbons (Fsp3) is 0.250. The van der Waals surface area contributed by atoms with Crippen molar-refractivity contribution in [2.45, 2.75) is 41.5 Å². The fourth-order valence-electron chi connectivity index (χ4n) is 3.25. The van der Waals surface area contributed by atoms with E-state index >= 15 is 0 Å². The zero-order chi connectivity index (χ0) is 19.6. The quantitative estimate of drug-likeness (QED) is 0.429. The van der Waals surface area contributed by atoms with Crippen LogP contribution in [0.2, 0.25) is 0 Å². The second-order valence-corrected chi connectivity index (χ2v) is 8.33. The summed E-state index contributed by atoms with van der Waals surface area (Å²) < 4.78 is 0. The van der Waals surface area contributed by atoms with Gasteiger partial charge >= 0.3 is 0 Å². The molecule has 1 aromatic heterocycles. The van der Waals surface area contributed by atoms with E-state index in [2.05, 4.69) is 90.1 Å².